The molecule has 0 aliphatic heterocycles. The van der Waals surface area contributed by atoms with Gasteiger partial charge in [0, 0.05) is 13.0 Å². The molecule has 0 bridgehead atoms. The maximum atomic E-state index is 12.0. The second-order valence-electron chi connectivity index (χ2n) is 6.60. The number of rotatable bonds is 9. The molecule has 1 heterocycles. The van der Waals surface area contributed by atoms with Gasteiger partial charge in [0.25, 0.3) is 0 Å². The summed E-state index contributed by atoms with van der Waals surface area (Å²) in [6.45, 7) is 7.11. The van der Waals surface area contributed by atoms with Crippen LogP contribution in [0.5, 0.6) is 0 Å². The van der Waals surface area contributed by atoms with Crippen LogP contribution in [0.2, 0.25) is 0 Å². The molecule has 25 heavy (non-hydrogen) atoms. The summed E-state index contributed by atoms with van der Waals surface area (Å²) in [5, 5.41) is 0. The van der Waals surface area contributed by atoms with Crippen molar-refractivity contribution < 1.29 is 14.3 Å². The van der Waals surface area contributed by atoms with Gasteiger partial charge in [-0.1, -0.05) is 39.3 Å². The first kappa shape index (κ1) is 18.9. The predicted molar refractivity (Wildman–Crippen MR) is 96.9 cm³/mol. The summed E-state index contributed by atoms with van der Waals surface area (Å²) >= 11 is 0. The average Bonchev–Trinajstić information content (AvgIpc) is 3.00. The van der Waals surface area contributed by atoms with E-state index in [2.05, 4.69) is 11.9 Å². The Balaban J connectivity index is 2.09. The van der Waals surface area contributed by atoms with Gasteiger partial charge in [-0.25, -0.2) is 9.78 Å². The standard InChI is InChI=1S/C20H26N2O3/c1-4-5-6-19-21-11-18(13-23)22(19)12-16-7-9-17(10-8-16)20(24)25-14-15(2)3/h7-11,13,15H,4-6,12,14H2,1-3H3. The highest BCUT2D eigenvalue weighted by atomic mass is 16.5. The Labute approximate surface area is 149 Å². The molecule has 0 saturated carbocycles. The number of carbonyl (C=O) groups excluding carboxylic acids is 2. The number of benzene rings is 1. The van der Waals surface area contributed by atoms with Crippen LogP contribution in [0.25, 0.3) is 0 Å². The fourth-order valence-corrected chi connectivity index (χ4v) is 2.49. The molecule has 0 amide bonds. The number of unbranched alkanes of at least 4 members (excludes halogenated alkanes) is 1. The van der Waals surface area contributed by atoms with Crippen LogP contribution in [0, 0.1) is 5.92 Å². The number of hydrogen-bond acceptors (Lipinski definition) is 4. The minimum atomic E-state index is -0.305. The Bertz CT molecular complexity index is 702. The van der Waals surface area contributed by atoms with E-state index < -0.39 is 0 Å². The number of aromatic nitrogens is 2. The van der Waals surface area contributed by atoms with Gasteiger partial charge in [-0.15, -0.1) is 0 Å². The van der Waals surface area contributed by atoms with E-state index in [0.29, 0.717) is 30.3 Å². The lowest BCUT2D eigenvalue weighted by Crippen LogP contribution is -2.11. The molecule has 0 radical (unpaired) electrons. The maximum Gasteiger partial charge on any atom is 0.338 e. The molecule has 2 rings (SSSR count). The molecule has 0 aliphatic rings. The number of carbonyl (C=O) groups is 2. The normalized spacial score (nSPS) is 10.9. The summed E-state index contributed by atoms with van der Waals surface area (Å²) in [7, 11) is 0. The third-order valence-corrected chi connectivity index (χ3v) is 3.92. The summed E-state index contributed by atoms with van der Waals surface area (Å²) in [6, 6.07) is 7.32. The number of esters is 1. The van der Waals surface area contributed by atoms with E-state index in [1.54, 1.807) is 18.3 Å². The summed E-state index contributed by atoms with van der Waals surface area (Å²) in [6.07, 6.45) is 5.42. The van der Waals surface area contributed by atoms with Crippen molar-refractivity contribution in [2.24, 2.45) is 5.92 Å². The summed E-state index contributed by atoms with van der Waals surface area (Å²) in [4.78, 5) is 27.6. The summed E-state index contributed by atoms with van der Waals surface area (Å²) in [5.41, 5.74) is 2.13. The van der Waals surface area contributed by atoms with Gasteiger partial charge in [-0.05, 0) is 30.0 Å². The first-order valence-corrected chi connectivity index (χ1v) is 8.80. The Hall–Kier alpha value is -2.43. The third kappa shape index (κ3) is 5.28. The molecule has 1 aromatic carbocycles. The van der Waals surface area contributed by atoms with Crippen molar-refractivity contribution in [3.8, 4) is 0 Å². The highest BCUT2D eigenvalue weighted by Crippen LogP contribution is 2.13. The topological polar surface area (TPSA) is 61.2 Å². The molecule has 0 atom stereocenters. The van der Waals surface area contributed by atoms with Crippen molar-refractivity contribution in [2.45, 2.75) is 46.6 Å². The van der Waals surface area contributed by atoms with E-state index in [0.717, 1.165) is 36.9 Å². The fourth-order valence-electron chi connectivity index (χ4n) is 2.49. The zero-order valence-corrected chi connectivity index (χ0v) is 15.2. The van der Waals surface area contributed by atoms with Gasteiger partial charge in [0.2, 0.25) is 0 Å². The molecule has 5 nitrogen and oxygen atoms in total. The number of aldehydes is 1. The average molecular weight is 342 g/mol. The molecule has 0 fully saturated rings. The predicted octanol–water partition coefficient (Wildman–Crippen LogP) is 3.90. The monoisotopic (exact) mass is 342 g/mol. The maximum absolute atomic E-state index is 12.0. The number of hydrogen-bond donors (Lipinski definition) is 0. The Morgan fingerprint density at radius 1 is 1.28 bits per heavy atom. The minimum absolute atomic E-state index is 0.305. The van der Waals surface area contributed by atoms with Gasteiger partial charge >= 0.3 is 5.97 Å². The molecule has 2 aromatic rings. The zero-order chi connectivity index (χ0) is 18.2. The highest BCUT2D eigenvalue weighted by Gasteiger charge is 2.11. The zero-order valence-electron chi connectivity index (χ0n) is 15.2. The van der Waals surface area contributed by atoms with Crippen molar-refractivity contribution in [2.75, 3.05) is 6.61 Å². The first-order valence-electron chi connectivity index (χ1n) is 8.80. The van der Waals surface area contributed by atoms with Gasteiger partial charge in [-0.3, -0.25) is 4.79 Å². The molecule has 0 unspecified atom stereocenters. The SMILES string of the molecule is CCCCc1ncc(C=O)n1Cc1ccc(C(=O)OCC(C)C)cc1. The van der Waals surface area contributed by atoms with Crippen LogP contribution in [0.3, 0.4) is 0 Å². The fraction of sp³-hybridized carbons (Fsp3) is 0.450. The van der Waals surface area contributed by atoms with Crippen LogP contribution in [-0.2, 0) is 17.7 Å². The third-order valence-electron chi connectivity index (χ3n) is 3.92. The molecule has 0 saturated heterocycles. The highest BCUT2D eigenvalue weighted by molar-refractivity contribution is 5.89. The van der Waals surface area contributed by atoms with Crippen molar-refractivity contribution in [3.05, 3.63) is 53.1 Å². The molecule has 134 valence electrons. The summed E-state index contributed by atoms with van der Waals surface area (Å²) < 4.78 is 7.17. The smallest absolute Gasteiger partial charge is 0.338 e. The van der Waals surface area contributed by atoms with E-state index in [1.807, 2.05) is 30.5 Å². The number of aryl methyl sites for hydroxylation is 1. The van der Waals surface area contributed by atoms with Crippen LogP contribution in [0.4, 0.5) is 0 Å². The molecular formula is C20H26N2O3. The van der Waals surface area contributed by atoms with Crippen molar-refractivity contribution in [1.29, 1.82) is 0 Å². The lowest BCUT2D eigenvalue weighted by molar-refractivity contribution is 0.0459. The Morgan fingerprint density at radius 3 is 2.60 bits per heavy atom. The van der Waals surface area contributed by atoms with Crippen LogP contribution in [0.15, 0.2) is 30.5 Å². The lowest BCUT2D eigenvalue weighted by atomic mass is 10.1. The molecule has 5 heteroatoms. The number of nitrogens with zero attached hydrogens (tertiary/aromatic N) is 2. The molecule has 0 aliphatic carbocycles. The van der Waals surface area contributed by atoms with Crippen molar-refractivity contribution in [3.63, 3.8) is 0 Å². The summed E-state index contributed by atoms with van der Waals surface area (Å²) in [5.74, 6) is 0.928. The van der Waals surface area contributed by atoms with Crippen molar-refractivity contribution in [1.82, 2.24) is 9.55 Å². The quantitative estimate of drug-likeness (QED) is 0.512. The molecular weight excluding hydrogens is 316 g/mol. The van der Waals surface area contributed by atoms with Gasteiger partial charge in [0.1, 0.15) is 11.5 Å². The molecule has 0 N–H and O–H groups in total. The molecule has 0 spiro atoms. The van der Waals surface area contributed by atoms with Crippen molar-refractivity contribution >= 4 is 12.3 Å². The largest absolute Gasteiger partial charge is 0.462 e. The van der Waals surface area contributed by atoms with E-state index >= 15 is 0 Å². The van der Waals surface area contributed by atoms with E-state index in [4.69, 9.17) is 4.74 Å². The van der Waals surface area contributed by atoms with Gasteiger partial charge in [0.05, 0.1) is 18.4 Å². The minimum Gasteiger partial charge on any atom is -0.462 e. The van der Waals surface area contributed by atoms with Gasteiger partial charge in [0.15, 0.2) is 6.29 Å². The van der Waals surface area contributed by atoms with Crippen LogP contribution in [0.1, 0.15) is 65.8 Å². The first-order chi connectivity index (χ1) is 12.0. The van der Waals surface area contributed by atoms with Crippen LogP contribution < -0.4 is 0 Å². The lowest BCUT2D eigenvalue weighted by Gasteiger charge is -2.11. The second kappa shape index (κ2) is 9.16. The molecule has 1 aromatic heterocycles. The number of imidazole rings is 1. The number of ether oxygens (including phenoxy) is 1. The Morgan fingerprint density at radius 2 is 2.00 bits per heavy atom. The van der Waals surface area contributed by atoms with E-state index in [-0.39, 0.29) is 5.97 Å². The van der Waals surface area contributed by atoms with Gasteiger partial charge in [-0.2, -0.15) is 0 Å². The van der Waals surface area contributed by atoms with Crippen LogP contribution in [-0.4, -0.2) is 28.4 Å². The van der Waals surface area contributed by atoms with E-state index in [1.165, 1.54) is 0 Å². The van der Waals surface area contributed by atoms with E-state index in [9.17, 15) is 9.59 Å². The second-order valence-corrected chi connectivity index (χ2v) is 6.60. The Kier molecular flexibility index (Phi) is 6.92. The van der Waals surface area contributed by atoms with Gasteiger partial charge < -0.3 is 9.30 Å². The van der Waals surface area contributed by atoms with Crippen LogP contribution >= 0.6 is 0 Å².